The molecular formula is C10H15FSi. The Morgan fingerprint density at radius 2 is 1.42 bits per heavy atom. The third-order valence-electron chi connectivity index (χ3n) is 1.91. The van der Waals surface area contributed by atoms with E-state index in [2.05, 4.69) is 6.07 Å². The van der Waals surface area contributed by atoms with Gasteiger partial charge in [-0.15, -0.1) is 0 Å². The molecule has 1 aromatic carbocycles. The largest absolute Gasteiger partial charge is 0.308 e. The first-order chi connectivity index (χ1) is 5.39. The van der Waals surface area contributed by atoms with E-state index in [9.17, 15) is 4.11 Å². The van der Waals surface area contributed by atoms with Crippen molar-refractivity contribution in [3.8, 4) is 0 Å². The Morgan fingerprint density at radius 1 is 1.00 bits per heavy atom. The average Bonchev–Trinajstić information content (AvgIpc) is 1.82. The Morgan fingerprint density at radius 3 is 1.75 bits per heavy atom. The fourth-order valence-electron chi connectivity index (χ4n) is 1.32. The van der Waals surface area contributed by atoms with Crippen molar-refractivity contribution in [2.24, 2.45) is 0 Å². The van der Waals surface area contributed by atoms with Crippen molar-refractivity contribution in [2.75, 3.05) is 0 Å². The van der Waals surface area contributed by atoms with Crippen LogP contribution in [0.25, 0.3) is 0 Å². The summed E-state index contributed by atoms with van der Waals surface area (Å²) in [7, 11) is -2.60. The summed E-state index contributed by atoms with van der Waals surface area (Å²) < 4.78 is 13.6. The van der Waals surface area contributed by atoms with Crippen LogP contribution in [-0.4, -0.2) is 8.41 Å². The summed E-state index contributed by atoms with van der Waals surface area (Å²) in [6.45, 7) is 7.47. The monoisotopic (exact) mass is 182 g/mol. The third-order valence-corrected chi connectivity index (χ3v) is 3.57. The molecule has 66 valence electrons. The van der Waals surface area contributed by atoms with Gasteiger partial charge in [-0.1, -0.05) is 29.3 Å². The molecule has 2 heteroatoms. The molecule has 0 bridgehead atoms. The van der Waals surface area contributed by atoms with E-state index in [1.165, 1.54) is 0 Å². The van der Waals surface area contributed by atoms with E-state index in [0.29, 0.717) is 0 Å². The van der Waals surface area contributed by atoms with Crippen molar-refractivity contribution in [3.05, 3.63) is 29.3 Å². The minimum Gasteiger partial charge on any atom is -0.308 e. The molecule has 1 rings (SSSR count). The maximum atomic E-state index is 13.6. The Hall–Kier alpha value is -0.633. The first-order valence-corrected chi connectivity index (χ1v) is 7.05. The minimum absolute atomic E-state index is 0.903. The van der Waals surface area contributed by atoms with Crippen molar-refractivity contribution in [1.29, 1.82) is 0 Å². The number of benzene rings is 1. The highest BCUT2D eigenvalue weighted by Gasteiger charge is 2.23. The van der Waals surface area contributed by atoms with E-state index in [4.69, 9.17) is 0 Å². The van der Waals surface area contributed by atoms with E-state index in [-0.39, 0.29) is 0 Å². The van der Waals surface area contributed by atoms with Gasteiger partial charge in [-0.05, 0) is 32.1 Å². The van der Waals surface area contributed by atoms with Crippen molar-refractivity contribution in [2.45, 2.75) is 26.9 Å². The van der Waals surface area contributed by atoms with Crippen LogP contribution < -0.4 is 5.19 Å². The standard InChI is InChI=1S/C10H15FSi/c1-8-5-9(2)7-10(6-8)12(3,4)11/h5-7H,1-4H3. The molecule has 0 radical (unpaired) electrons. The number of hydrogen-bond donors (Lipinski definition) is 0. The molecule has 0 aliphatic rings. The highest BCUT2D eigenvalue weighted by atomic mass is 28.4. The van der Waals surface area contributed by atoms with Gasteiger partial charge in [0.1, 0.15) is 0 Å². The average molecular weight is 182 g/mol. The molecule has 0 heterocycles. The Bertz CT molecular complexity index is 266. The van der Waals surface area contributed by atoms with Crippen LogP contribution in [-0.2, 0) is 0 Å². The van der Waals surface area contributed by atoms with E-state index < -0.39 is 8.41 Å². The van der Waals surface area contributed by atoms with Gasteiger partial charge in [-0.25, -0.2) is 0 Å². The Kier molecular flexibility index (Phi) is 2.38. The summed E-state index contributed by atoms with van der Waals surface area (Å²) in [6, 6.07) is 5.99. The lowest BCUT2D eigenvalue weighted by molar-refractivity contribution is 0.821. The molecule has 0 amide bonds. The smallest absolute Gasteiger partial charge is 0.271 e. The van der Waals surface area contributed by atoms with Gasteiger partial charge >= 0.3 is 0 Å². The normalized spacial score (nSPS) is 11.8. The summed E-state index contributed by atoms with van der Waals surface area (Å²) in [4.78, 5) is 0. The van der Waals surface area contributed by atoms with Crippen LogP contribution in [0, 0.1) is 13.8 Å². The SMILES string of the molecule is Cc1cc(C)cc([Si](C)(C)F)c1. The van der Waals surface area contributed by atoms with Crippen LogP contribution >= 0.6 is 0 Å². The van der Waals surface area contributed by atoms with Crippen molar-refractivity contribution in [3.63, 3.8) is 0 Å². The minimum atomic E-state index is -2.60. The summed E-state index contributed by atoms with van der Waals surface area (Å²) in [5.74, 6) is 0. The molecule has 0 unspecified atom stereocenters. The number of hydrogen-bond acceptors (Lipinski definition) is 0. The molecule has 0 aliphatic heterocycles. The van der Waals surface area contributed by atoms with E-state index in [0.717, 1.165) is 16.3 Å². The summed E-state index contributed by atoms with van der Waals surface area (Å²) >= 11 is 0. The summed E-state index contributed by atoms with van der Waals surface area (Å²) in [5.41, 5.74) is 2.31. The van der Waals surface area contributed by atoms with Gasteiger partial charge in [-0.3, -0.25) is 0 Å². The lowest BCUT2D eigenvalue weighted by Gasteiger charge is -2.12. The lowest BCUT2D eigenvalue weighted by atomic mass is 10.2. The van der Waals surface area contributed by atoms with Crippen LogP contribution in [0.5, 0.6) is 0 Å². The molecule has 0 N–H and O–H groups in total. The molecule has 0 saturated carbocycles. The Balaban J connectivity index is 3.18. The van der Waals surface area contributed by atoms with Crippen molar-refractivity contribution in [1.82, 2.24) is 0 Å². The summed E-state index contributed by atoms with van der Waals surface area (Å²) in [5, 5.41) is 0.903. The van der Waals surface area contributed by atoms with Gasteiger partial charge in [0.25, 0.3) is 8.41 Å². The first kappa shape index (κ1) is 9.45. The van der Waals surface area contributed by atoms with E-state index >= 15 is 0 Å². The lowest BCUT2D eigenvalue weighted by Crippen LogP contribution is -2.36. The second-order valence-electron chi connectivity index (χ2n) is 3.85. The number of halogens is 1. The predicted molar refractivity (Wildman–Crippen MR) is 54.1 cm³/mol. The summed E-state index contributed by atoms with van der Waals surface area (Å²) in [6.07, 6.45) is 0. The molecule has 0 spiro atoms. The quantitative estimate of drug-likeness (QED) is 0.463. The van der Waals surface area contributed by atoms with Crippen LogP contribution in [0.4, 0.5) is 4.11 Å². The molecule has 0 aliphatic carbocycles. The molecule has 0 fully saturated rings. The maximum absolute atomic E-state index is 13.6. The van der Waals surface area contributed by atoms with Gasteiger partial charge in [0.05, 0.1) is 0 Å². The van der Waals surface area contributed by atoms with Crippen LogP contribution in [0.3, 0.4) is 0 Å². The highest BCUT2D eigenvalue weighted by Crippen LogP contribution is 2.08. The molecule has 0 nitrogen and oxygen atoms in total. The Labute approximate surface area is 74.6 Å². The molecule has 12 heavy (non-hydrogen) atoms. The van der Waals surface area contributed by atoms with Gasteiger partial charge in [0.2, 0.25) is 0 Å². The predicted octanol–water partition coefficient (Wildman–Crippen LogP) is 2.69. The topological polar surface area (TPSA) is 0 Å². The zero-order valence-corrected chi connectivity index (χ0v) is 9.11. The molecular weight excluding hydrogens is 167 g/mol. The second-order valence-corrected chi connectivity index (χ2v) is 7.37. The number of rotatable bonds is 1. The van der Waals surface area contributed by atoms with Crippen molar-refractivity contribution >= 4 is 13.6 Å². The van der Waals surface area contributed by atoms with Crippen molar-refractivity contribution < 1.29 is 4.11 Å². The second kappa shape index (κ2) is 3.02. The van der Waals surface area contributed by atoms with Crippen LogP contribution in [0.1, 0.15) is 11.1 Å². The third kappa shape index (κ3) is 2.17. The van der Waals surface area contributed by atoms with Gasteiger partial charge in [0, 0.05) is 0 Å². The van der Waals surface area contributed by atoms with E-state index in [1.807, 2.05) is 26.0 Å². The highest BCUT2D eigenvalue weighted by molar-refractivity contribution is 6.83. The molecule has 1 aromatic rings. The molecule has 0 saturated heterocycles. The zero-order valence-electron chi connectivity index (χ0n) is 8.11. The number of aryl methyl sites for hydroxylation is 2. The zero-order chi connectivity index (χ0) is 9.35. The van der Waals surface area contributed by atoms with Crippen LogP contribution in [0.15, 0.2) is 18.2 Å². The fourth-order valence-corrected chi connectivity index (χ4v) is 2.46. The molecule has 0 atom stereocenters. The van der Waals surface area contributed by atoms with E-state index in [1.54, 1.807) is 13.1 Å². The fraction of sp³-hybridized carbons (Fsp3) is 0.400. The van der Waals surface area contributed by atoms with Gasteiger partial charge in [0.15, 0.2) is 0 Å². The first-order valence-electron chi connectivity index (χ1n) is 4.17. The maximum Gasteiger partial charge on any atom is 0.271 e. The van der Waals surface area contributed by atoms with Crippen LogP contribution in [0.2, 0.25) is 13.1 Å². The molecule has 0 aromatic heterocycles. The van der Waals surface area contributed by atoms with Gasteiger partial charge in [-0.2, -0.15) is 0 Å². The van der Waals surface area contributed by atoms with Gasteiger partial charge < -0.3 is 4.11 Å².